The van der Waals surface area contributed by atoms with Crippen LogP contribution in [-0.4, -0.2) is 17.6 Å². The van der Waals surface area contributed by atoms with Crippen molar-refractivity contribution < 1.29 is 18.0 Å². The minimum absolute atomic E-state index is 0.274. The number of halogens is 4. The summed E-state index contributed by atoms with van der Waals surface area (Å²) in [6, 6.07) is 6.34. The molecule has 94 valence electrons. The molecule has 0 heterocycles. The van der Waals surface area contributed by atoms with Crippen LogP contribution in [0.2, 0.25) is 0 Å². The summed E-state index contributed by atoms with van der Waals surface area (Å²) in [6.07, 6.45) is -4.79. The summed E-state index contributed by atoms with van der Waals surface area (Å²) in [4.78, 5) is 11.4. The standard InChI is InChI=1S/C10H10F3IN2O/c1-9(15,10(11,12)13)8(17)16-7-4-2-6(14)3-5-7/h2-5H,15H2,1H3,(H,16,17). The number of alkyl halides is 3. The molecule has 17 heavy (non-hydrogen) atoms. The highest BCUT2D eigenvalue weighted by Crippen LogP contribution is 2.29. The van der Waals surface area contributed by atoms with E-state index in [0.717, 1.165) is 3.57 Å². The molecule has 0 bridgehead atoms. The van der Waals surface area contributed by atoms with Crippen LogP contribution in [0.1, 0.15) is 6.92 Å². The lowest BCUT2D eigenvalue weighted by Crippen LogP contribution is -2.59. The molecule has 0 spiro atoms. The fraction of sp³-hybridized carbons (Fsp3) is 0.300. The first kappa shape index (κ1) is 14.2. The number of anilines is 1. The average molecular weight is 358 g/mol. The number of hydrogen-bond acceptors (Lipinski definition) is 2. The molecule has 0 radical (unpaired) electrons. The normalized spacial score (nSPS) is 15.2. The van der Waals surface area contributed by atoms with Gasteiger partial charge in [-0.2, -0.15) is 13.2 Å². The topological polar surface area (TPSA) is 55.1 Å². The molecule has 0 aliphatic rings. The maximum absolute atomic E-state index is 12.5. The Balaban J connectivity index is 2.83. The second kappa shape index (κ2) is 4.81. The van der Waals surface area contributed by atoms with Crippen molar-refractivity contribution in [1.82, 2.24) is 0 Å². The highest BCUT2D eigenvalue weighted by atomic mass is 127. The maximum Gasteiger partial charge on any atom is 0.415 e. The molecule has 0 aromatic heterocycles. The summed E-state index contributed by atoms with van der Waals surface area (Å²) in [7, 11) is 0. The predicted octanol–water partition coefficient (Wildman–Crippen LogP) is 2.51. The van der Waals surface area contributed by atoms with Gasteiger partial charge < -0.3 is 11.1 Å². The van der Waals surface area contributed by atoms with Crippen LogP contribution in [0.5, 0.6) is 0 Å². The van der Waals surface area contributed by atoms with Crippen molar-refractivity contribution in [3.8, 4) is 0 Å². The molecule has 1 aromatic rings. The Morgan fingerprint density at radius 1 is 1.29 bits per heavy atom. The molecule has 1 unspecified atom stereocenters. The number of carbonyl (C=O) groups excluding carboxylic acids is 1. The number of carbonyl (C=O) groups is 1. The predicted molar refractivity (Wildman–Crippen MR) is 66.4 cm³/mol. The molecule has 3 N–H and O–H groups in total. The van der Waals surface area contributed by atoms with Gasteiger partial charge in [-0.25, -0.2) is 0 Å². The van der Waals surface area contributed by atoms with Crippen LogP contribution in [0.4, 0.5) is 18.9 Å². The lowest BCUT2D eigenvalue weighted by molar-refractivity contribution is -0.184. The van der Waals surface area contributed by atoms with Crippen LogP contribution in [0, 0.1) is 3.57 Å². The minimum atomic E-state index is -4.79. The first-order valence-corrected chi connectivity index (χ1v) is 5.65. The number of nitrogens with two attached hydrogens (primary N) is 1. The van der Waals surface area contributed by atoms with E-state index >= 15 is 0 Å². The van der Waals surface area contributed by atoms with E-state index in [1.165, 1.54) is 12.1 Å². The van der Waals surface area contributed by atoms with Crippen molar-refractivity contribution in [3.05, 3.63) is 27.8 Å². The molecular formula is C10H10F3IN2O. The van der Waals surface area contributed by atoms with Crippen molar-refractivity contribution in [3.63, 3.8) is 0 Å². The third-order valence-corrected chi connectivity index (χ3v) is 2.88. The molecular weight excluding hydrogens is 348 g/mol. The van der Waals surface area contributed by atoms with Gasteiger partial charge in [-0.15, -0.1) is 0 Å². The van der Waals surface area contributed by atoms with Crippen LogP contribution in [0.25, 0.3) is 0 Å². The van der Waals surface area contributed by atoms with Crippen molar-refractivity contribution in [2.75, 3.05) is 5.32 Å². The molecule has 0 saturated heterocycles. The molecule has 0 fully saturated rings. The minimum Gasteiger partial charge on any atom is -0.324 e. The molecule has 3 nitrogen and oxygen atoms in total. The zero-order valence-electron chi connectivity index (χ0n) is 8.81. The zero-order valence-corrected chi connectivity index (χ0v) is 11.0. The van der Waals surface area contributed by atoms with Gasteiger partial charge in [0.2, 0.25) is 0 Å². The number of hydrogen-bond donors (Lipinski definition) is 2. The fourth-order valence-electron chi connectivity index (χ4n) is 0.923. The van der Waals surface area contributed by atoms with Crippen molar-refractivity contribution >= 4 is 34.2 Å². The largest absolute Gasteiger partial charge is 0.415 e. The molecule has 0 aliphatic carbocycles. The molecule has 7 heteroatoms. The third kappa shape index (κ3) is 3.32. The number of benzene rings is 1. The molecule has 1 rings (SSSR count). The van der Waals surface area contributed by atoms with E-state index < -0.39 is 17.6 Å². The number of rotatable bonds is 2. The maximum atomic E-state index is 12.5. The van der Waals surface area contributed by atoms with E-state index in [0.29, 0.717) is 6.92 Å². The Hall–Kier alpha value is -0.830. The van der Waals surface area contributed by atoms with Gasteiger partial charge in [0.1, 0.15) is 0 Å². The molecule has 1 aromatic carbocycles. The molecule has 0 saturated carbocycles. The van der Waals surface area contributed by atoms with Gasteiger partial charge >= 0.3 is 6.18 Å². The first-order valence-electron chi connectivity index (χ1n) is 4.57. The highest BCUT2D eigenvalue weighted by Gasteiger charge is 2.53. The smallest absolute Gasteiger partial charge is 0.324 e. The fourth-order valence-corrected chi connectivity index (χ4v) is 1.28. The summed E-state index contributed by atoms with van der Waals surface area (Å²) in [6.45, 7) is 0.634. The van der Waals surface area contributed by atoms with Gasteiger partial charge in [-0.05, 0) is 53.8 Å². The summed E-state index contributed by atoms with van der Waals surface area (Å²) >= 11 is 2.04. The van der Waals surface area contributed by atoms with Crippen molar-refractivity contribution in [1.29, 1.82) is 0 Å². The van der Waals surface area contributed by atoms with Crippen LogP contribution in [-0.2, 0) is 4.79 Å². The Bertz CT molecular complexity index is 415. The van der Waals surface area contributed by atoms with E-state index in [-0.39, 0.29) is 5.69 Å². The average Bonchev–Trinajstić information content (AvgIpc) is 2.19. The Morgan fingerprint density at radius 3 is 2.18 bits per heavy atom. The van der Waals surface area contributed by atoms with Gasteiger partial charge in [0.05, 0.1) is 0 Å². The van der Waals surface area contributed by atoms with Gasteiger partial charge in [0.15, 0.2) is 5.54 Å². The lowest BCUT2D eigenvalue weighted by Gasteiger charge is -2.26. The van der Waals surface area contributed by atoms with Gasteiger partial charge in [-0.1, -0.05) is 0 Å². The third-order valence-electron chi connectivity index (χ3n) is 2.16. The van der Waals surface area contributed by atoms with E-state index in [9.17, 15) is 18.0 Å². The van der Waals surface area contributed by atoms with Crippen LogP contribution in [0.15, 0.2) is 24.3 Å². The Labute approximate surface area is 110 Å². The quantitative estimate of drug-likeness (QED) is 0.799. The highest BCUT2D eigenvalue weighted by molar-refractivity contribution is 14.1. The molecule has 1 atom stereocenters. The second-order valence-electron chi connectivity index (χ2n) is 3.66. The monoisotopic (exact) mass is 358 g/mol. The Kier molecular flexibility index (Phi) is 4.03. The second-order valence-corrected chi connectivity index (χ2v) is 4.91. The van der Waals surface area contributed by atoms with Crippen LogP contribution < -0.4 is 11.1 Å². The molecule has 0 aliphatic heterocycles. The Morgan fingerprint density at radius 2 is 1.76 bits per heavy atom. The van der Waals surface area contributed by atoms with Gasteiger partial charge in [0, 0.05) is 9.26 Å². The summed E-state index contributed by atoms with van der Waals surface area (Å²) in [5.74, 6) is -1.29. The van der Waals surface area contributed by atoms with E-state index in [4.69, 9.17) is 5.73 Å². The van der Waals surface area contributed by atoms with Gasteiger partial charge in [0.25, 0.3) is 5.91 Å². The van der Waals surface area contributed by atoms with E-state index in [2.05, 4.69) is 5.32 Å². The number of nitrogens with one attached hydrogen (secondary N) is 1. The van der Waals surface area contributed by atoms with E-state index in [1.807, 2.05) is 22.6 Å². The summed E-state index contributed by atoms with van der Waals surface area (Å²) in [5, 5.41) is 2.13. The lowest BCUT2D eigenvalue weighted by atomic mass is 10.0. The van der Waals surface area contributed by atoms with Gasteiger partial charge in [-0.3, -0.25) is 4.79 Å². The van der Waals surface area contributed by atoms with Crippen LogP contribution >= 0.6 is 22.6 Å². The van der Waals surface area contributed by atoms with E-state index in [1.54, 1.807) is 12.1 Å². The molecule has 1 amide bonds. The summed E-state index contributed by atoms with van der Waals surface area (Å²) < 4.78 is 38.3. The summed E-state index contributed by atoms with van der Waals surface area (Å²) in [5.41, 5.74) is 2.34. The first-order chi connectivity index (χ1) is 7.64. The van der Waals surface area contributed by atoms with Crippen LogP contribution in [0.3, 0.4) is 0 Å². The zero-order chi connectivity index (χ0) is 13.3. The number of amides is 1. The van der Waals surface area contributed by atoms with Crippen molar-refractivity contribution in [2.24, 2.45) is 5.73 Å². The van der Waals surface area contributed by atoms with Crippen molar-refractivity contribution in [2.45, 2.75) is 18.6 Å². The SMILES string of the molecule is CC(N)(C(=O)Nc1ccc(I)cc1)C(F)(F)F.